The molecule has 8 heteroatoms. The maximum absolute atomic E-state index is 12.0. The molecular formula is C96H75B2N3O3. The molecule has 16 aromatic rings. The quantitative estimate of drug-likeness (QED) is 0.149. The first-order valence-corrected chi connectivity index (χ1v) is 35.2. The molecule has 0 bridgehead atoms. The normalized spacial score (nSPS) is 15.9. The summed E-state index contributed by atoms with van der Waals surface area (Å²) in [5.74, 6) is -1.30. The van der Waals surface area contributed by atoms with Crippen molar-refractivity contribution in [1.82, 2.24) is 4.57 Å². The first-order chi connectivity index (χ1) is 58.0. The number of para-hydroxylation sites is 4. The van der Waals surface area contributed by atoms with Crippen molar-refractivity contribution in [1.29, 1.82) is 0 Å². The van der Waals surface area contributed by atoms with Crippen molar-refractivity contribution in [3.05, 3.63) is 307 Å². The minimum absolute atomic E-state index is 0.0129. The highest BCUT2D eigenvalue weighted by molar-refractivity contribution is 7.03. The lowest BCUT2D eigenvalue weighted by atomic mass is 9.30. The van der Waals surface area contributed by atoms with E-state index in [1.807, 2.05) is 131 Å². The Bertz CT molecular complexity index is 7250. The van der Waals surface area contributed by atoms with E-state index >= 15 is 0 Å². The molecule has 2 aromatic heterocycles. The fourth-order valence-corrected chi connectivity index (χ4v) is 16.0. The first-order valence-electron chi connectivity index (χ1n) is 44.2. The number of benzene rings is 14. The number of furan rings is 1. The molecule has 4 aliphatic heterocycles. The smallest absolute Gasteiger partial charge is 0.260 e. The molecule has 0 spiro atoms. The molecule has 0 saturated carbocycles. The Labute approximate surface area is 633 Å². The minimum Gasteiger partial charge on any atom is -0.459 e. The van der Waals surface area contributed by atoms with E-state index in [1.165, 1.54) is 4.57 Å². The maximum Gasteiger partial charge on any atom is 0.260 e. The van der Waals surface area contributed by atoms with Gasteiger partial charge in [-0.2, -0.15) is 0 Å². The van der Waals surface area contributed by atoms with Crippen molar-refractivity contribution < 1.29 is 38.6 Å². The molecule has 6 heterocycles. The average molecular weight is 1360 g/mol. The average Bonchev–Trinajstić information content (AvgIpc) is 0.855. The molecule has 0 N–H and O–H groups in total. The third-order valence-corrected chi connectivity index (χ3v) is 21.1. The van der Waals surface area contributed by atoms with E-state index in [2.05, 4.69) is 98.7 Å². The third kappa shape index (κ3) is 9.43. The Kier molecular flexibility index (Phi) is 10.0. The van der Waals surface area contributed by atoms with Crippen LogP contribution >= 0.6 is 0 Å². The summed E-state index contributed by atoms with van der Waals surface area (Å²) in [6.07, 6.45) is 0. The Morgan fingerprint density at radius 1 is 0.337 bits per heavy atom. The maximum atomic E-state index is 12.0. The van der Waals surface area contributed by atoms with Gasteiger partial charge in [-0.15, -0.1) is 0 Å². The van der Waals surface area contributed by atoms with Crippen molar-refractivity contribution in [2.24, 2.45) is 0 Å². The Hall–Kier alpha value is -12.0. The van der Waals surface area contributed by atoms with Crippen LogP contribution < -0.4 is 52.1 Å². The molecule has 14 aromatic carbocycles. The molecule has 0 radical (unpaired) electrons. The van der Waals surface area contributed by atoms with Crippen LogP contribution in [0.1, 0.15) is 104 Å². The van der Waals surface area contributed by atoms with Gasteiger partial charge in [0.2, 0.25) is 0 Å². The van der Waals surface area contributed by atoms with Crippen LogP contribution in [0.4, 0.5) is 34.1 Å². The molecule has 0 amide bonds. The van der Waals surface area contributed by atoms with Crippen molar-refractivity contribution in [2.45, 2.75) is 78.6 Å². The van der Waals surface area contributed by atoms with Gasteiger partial charge < -0.3 is 28.3 Å². The molecule has 0 fully saturated rings. The first kappa shape index (κ1) is 45.8. The van der Waals surface area contributed by atoms with Crippen LogP contribution in [0.15, 0.2) is 295 Å². The molecule has 20 rings (SSSR count). The molecule has 4 aliphatic rings. The van der Waals surface area contributed by atoms with E-state index in [4.69, 9.17) is 13.9 Å². The van der Waals surface area contributed by atoms with E-state index in [0.29, 0.717) is 67.0 Å². The lowest BCUT2D eigenvalue weighted by Gasteiger charge is -2.48. The number of hydrogen-bond acceptors (Lipinski definition) is 5. The fourth-order valence-electron chi connectivity index (χ4n) is 16.0. The predicted molar refractivity (Wildman–Crippen MR) is 438 cm³/mol. The van der Waals surface area contributed by atoms with Crippen molar-refractivity contribution >= 4 is 124 Å². The summed E-state index contributed by atoms with van der Waals surface area (Å²) in [4.78, 5) is 4.00. The van der Waals surface area contributed by atoms with Gasteiger partial charge >= 0.3 is 0 Å². The van der Waals surface area contributed by atoms with Crippen LogP contribution in [-0.2, 0) is 16.2 Å². The Balaban J connectivity index is 1.06. The number of fused-ring (bicyclic) bond motifs is 15. The second-order valence-corrected chi connectivity index (χ2v) is 30.5. The Morgan fingerprint density at radius 2 is 0.817 bits per heavy atom. The molecule has 498 valence electrons. The van der Waals surface area contributed by atoms with Crippen LogP contribution in [-0.4, -0.2) is 18.0 Å². The zero-order valence-corrected chi connectivity index (χ0v) is 58.5. The zero-order chi connectivity index (χ0) is 85.9. The van der Waals surface area contributed by atoms with Crippen molar-refractivity contribution in [3.8, 4) is 73.2 Å². The summed E-state index contributed by atoms with van der Waals surface area (Å²) in [6, 6.07) is 48.4. The number of hydrogen-bond donors (Lipinski definition) is 0. The van der Waals surface area contributed by atoms with Gasteiger partial charge in [0.15, 0.2) is 0 Å². The van der Waals surface area contributed by atoms with Crippen LogP contribution in [0.3, 0.4) is 0 Å². The van der Waals surface area contributed by atoms with Crippen LogP contribution in [0.5, 0.6) is 23.0 Å². The lowest BCUT2D eigenvalue weighted by Crippen LogP contribution is -2.65. The van der Waals surface area contributed by atoms with Gasteiger partial charge in [0, 0.05) is 89.8 Å². The number of aromatic nitrogens is 1. The van der Waals surface area contributed by atoms with Crippen molar-refractivity contribution in [2.75, 3.05) is 9.80 Å². The van der Waals surface area contributed by atoms with E-state index < -0.39 is 144 Å². The van der Waals surface area contributed by atoms with Crippen LogP contribution in [0, 0.1) is 0 Å². The molecule has 0 atom stereocenters. The number of anilines is 6. The highest BCUT2D eigenvalue weighted by Gasteiger charge is 2.52. The summed E-state index contributed by atoms with van der Waals surface area (Å²) < 4.78 is 207. The van der Waals surface area contributed by atoms with E-state index in [-0.39, 0.29) is 95.0 Å². The van der Waals surface area contributed by atoms with Gasteiger partial charge in [0.1, 0.15) is 34.2 Å². The molecule has 0 aliphatic carbocycles. The lowest BCUT2D eigenvalue weighted by molar-refractivity contribution is 0.467. The highest BCUT2D eigenvalue weighted by Crippen LogP contribution is 2.57. The summed E-state index contributed by atoms with van der Waals surface area (Å²) in [7, 11) is 0. The highest BCUT2D eigenvalue weighted by atomic mass is 16.5. The van der Waals surface area contributed by atoms with Gasteiger partial charge in [0.05, 0.1) is 47.1 Å². The third-order valence-electron chi connectivity index (χ3n) is 21.1. The standard InChI is InChI=1S/C96H75B2N3O3/c1-94(2,3)62-48-68(58-30-14-10-15-31-58)91(69(49-62)59-32-16-11-17-33-59)100-79-54-65(99-77-42-26-22-38-66(77)72-55-73-67-39-23-27-43-83(67)102-86(73)56-78(72)99)46-47-74(79)98-88-80(100)52-64(96(7,8)9)53-81(88)101(92-70(60-34-18-12-19-35-60)50-63(95(4,5)6)51-71(92)61-36-20-13-21-37-61)82-57-87-90-93(89(82)98)104-85-45-29-25-41-76(85)97(90)75-40-24-28-44-84(75)103-87/h10-57H,1-9H3/i22D,24D,25D,26D,28D,29D,38D,40D,41D,42D,44D,45D,46D,47D,54D,55D,56D,57D. The van der Waals surface area contributed by atoms with Gasteiger partial charge in [0.25, 0.3) is 13.4 Å². The monoisotopic (exact) mass is 1360 g/mol. The van der Waals surface area contributed by atoms with Gasteiger partial charge in [-0.05, 0) is 161 Å². The molecular weight excluding hydrogens is 1260 g/mol. The molecule has 0 unspecified atom stereocenters. The second kappa shape index (κ2) is 22.8. The predicted octanol–water partition coefficient (Wildman–Crippen LogP) is 22.1. The second-order valence-electron chi connectivity index (χ2n) is 30.5. The summed E-state index contributed by atoms with van der Waals surface area (Å²) in [5, 5.41) is 0.336. The van der Waals surface area contributed by atoms with Crippen molar-refractivity contribution in [3.63, 3.8) is 0 Å². The largest absolute Gasteiger partial charge is 0.459 e. The van der Waals surface area contributed by atoms with E-state index in [1.54, 1.807) is 24.3 Å². The molecule has 0 saturated heterocycles. The van der Waals surface area contributed by atoms with Crippen LogP contribution in [0.2, 0.25) is 0 Å². The SMILES string of the molecule is [2H]c1c([2H])c([2H])c2c(c1[2H])Oc1c([2H])c3c(c4c1B2c1c([2H])c([2H])c([2H])c([2H])c1O4)B1c2c(cc(C(C)(C)C)cc2N3c2c(-c3ccccc3)cc(C(C)(C)C)cc2-c2ccccc2)N(c2c(-c3ccccc3)cc(C(C)(C)C)cc2-c2ccccc2)c2c([2H])c(-n3c4c([2H])c([2H])c([2H])c([2H])c4c4c([2H])c5c(oc6ccccc65)c([2H])c43)c([2H])c([2H])c21. The molecule has 6 nitrogen and oxygen atoms in total. The number of rotatable bonds is 7. The molecule has 104 heavy (non-hydrogen) atoms. The summed E-state index contributed by atoms with van der Waals surface area (Å²) in [5.41, 5.74) is 7.13. The fraction of sp³-hybridized carbons (Fsp3) is 0.125. The summed E-state index contributed by atoms with van der Waals surface area (Å²) in [6.45, 7) is 15.8. The topological polar surface area (TPSA) is 43.0 Å². The number of ether oxygens (including phenoxy) is 2. The zero-order valence-electron chi connectivity index (χ0n) is 76.5. The Morgan fingerprint density at radius 3 is 1.37 bits per heavy atom. The van der Waals surface area contributed by atoms with Gasteiger partial charge in [-0.25, -0.2) is 0 Å². The number of nitrogens with zero attached hydrogens (tertiary/aromatic N) is 3. The summed E-state index contributed by atoms with van der Waals surface area (Å²) >= 11 is 0. The minimum atomic E-state index is -1.62. The van der Waals surface area contributed by atoms with Gasteiger partial charge in [-0.1, -0.05) is 262 Å². The van der Waals surface area contributed by atoms with Gasteiger partial charge in [-0.3, -0.25) is 0 Å². The van der Waals surface area contributed by atoms with E-state index in [0.717, 1.165) is 33.4 Å². The van der Waals surface area contributed by atoms with E-state index in [9.17, 15) is 24.7 Å². The van der Waals surface area contributed by atoms with Crippen LogP contribution in [0.25, 0.3) is 93.9 Å².